The molecule has 0 aliphatic rings. The van der Waals surface area contributed by atoms with Gasteiger partial charge in [-0.05, 0) is 41.5 Å². The summed E-state index contributed by atoms with van der Waals surface area (Å²) in [7, 11) is 3.13. The number of amides is 1. The van der Waals surface area contributed by atoms with Gasteiger partial charge in [0.1, 0.15) is 17.0 Å². The van der Waals surface area contributed by atoms with Crippen molar-refractivity contribution in [3.63, 3.8) is 0 Å². The van der Waals surface area contributed by atoms with Gasteiger partial charge in [-0.2, -0.15) is 0 Å². The molecule has 0 radical (unpaired) electrons. The Labute approximate surface area is 169 Å². The fraction of sp³-hybridized carbons (Fsp3) is 0.227. The van der Waals surface area contributed by atoms with Crippen molar-refractivity contribution in [2.45, 2.75) is 18.5 Å². The minimum Gasteiger partial charge on any atom is -0.497 e. The summed E-state index contributed by atoms with van der Waals surface area (Å²) in [5, 5.41) is 3.36. The summed E-state index contributed by atoms with van der Waals surface area (Å²) in [5.41, 5.74) is 7.12. The van der Waals surface area contributed by atoms with Crippen LogP contribution in [-0.4, -0.2) is 30.1 Å². The smallest absolute Gasteiger partial charge is 0.242 e. The lowest BCUT2D eigenvalue weighted by Gasteiger charge is -2.34. The first-order chi connectivity index (χ1) is 14.1. The van der Waals surface area contributed by atoms with Crippen LogP contribution in [0.4, 0.5) is 0 Å². The lowest BCUT2D eigenvalue weighted by Crippen LogP contribution is -2.54. The number of carbonyl (C=O) groups is 1. The van der Waals surface area contributed by atoms with Crippen LogP contribution in [-0.2, 0) is 23.3 Å². The fourth-order valence-electron chi connectivity index (χ4n) is 3.27. The zero-order valence-corrected chi connectivity index (χ0v) is 16.5. The third-order valence-corrected chi connectivity index (χ3v) is 4.80. The number of pyridine rings is 2. The maximum absolute atomic E-state index is 12.9. The molecule has 1 unspecified atom stereocenters. The van der Waals surface area contributed by atoms with Crippen LogP contribution >= 0.6 is 0 Å². The summed E-state index contributed by atoms with van der Waals surface area (Å²) >= 11 is 0. The zero-order valence-electron chi connectivity index (χ0n) is 16.5. The molecule has 3 N–H and O–H groups in total. The van der Waals surface area contributed by atoms with E-state index in [1.54, 1.807) is 57.2 Å². The highest BCUT2D eigenvalue weighted by Gasteiger charge is 2.41. The van der Waals surface area contributed by atoms with Gasteiger partial charge in [0.2, 0.25) is 5.91 Å². The Balaban J connectivity index is 2.12. The first kappa shape index (κ1) is 20.3. The predicted octanol–water partition coefficient (Wildman–Crippen LogP) is 2.21. The molecule has 7 heteroatoms. The first-order valence-corrected chi connectivity index (χ1v) is 9.14. The van der Waals surface area contributed by atoms with Crippen LogP contribution in [0.25, 0.3) is 0 Å². The minimum atomic E-state index is -1.25. The highest BCUT2D eigenvalue weighted by Crippen LogP contribution is 2.36. The van der Waals surface area contributed by atoms with E-state index in [1.165, 1.54) is 0 Å². The predicted molar refractivity (Wildman–Crippen MR) is 109 cm³/mol. The van der Waals surface area contributed by atoms with Gasteiger partial charge in [-0.15, -0.1) is 0 Å². The Bertz CT molecular complexity index is 951. The molecule has 29 heavy (non-hydrogen) atoms. The summed E-state index contributed by atoms with van der Waals surface area (Å²) < 4.78 is 10.9. The van der Waals surface area contributed by atoms with E-state index in [2.05, 4.69) is 15.3 Å². The molecule has 0 spiro atoms. The third kappa shape index (κ3) is 4.52. The van der Waals surface area contributed by atoms with Gasteiger partial charge in [-0.3, -0.25) is 20.1 Å². The molecule has 2 heterocycles. The van der Waals surface area contributed by atoms with Crippen molar-refractivity contribution >= 4 is 5.91 Å². The lowest BCUT2D eigenvalue weighted by atomic mass is 9.82. The molecule has 150 valence electrons. The summed E-state index contributed by atoms with van der Waals surface area (Å²) in [6, 6.07) is 12.8. The second-order valence-corrected chi connectivity index (χ2v) is 6.59. The maximum Gasteiger partial charge on any atom is 0.242 e. The molecule has 2 aromatic heterocycles. The van der Waals surface area contributed by atoms with Crippen LogP contribution in [0.3, 0.4) is 0 Å². The van der Waals surface area contributed by atoms with Gasteiger partial charge in [-0.25, -0.2) is 0 Å². The Kier molecular flexibility index (Phi) is 6.41. The van der Waals surface area contributed by atoms with Crippen molar-refractivity contribution in [1.29, 1.82) is 0 Å². The molecular weight excluding hydrogens is 368 g/mol. The molecule has 3 rings (SSSR count). The van der Waals surface area contributed by atoms with E-state index in [0.29, 0.717) is 30.0 Å². The third-order valence-electron chi connectivity index (χ3n) is 4.80. The van der Waals surface area contributed by atoms with E-state index in [-0.39, 0.29) is 0 Å². The van der Waals surface area contributed by atoms with Crippen molar-refractivity contribution < 1.29 is 14.3 Å². The molecule has 7 nitrogen and oxygen atoms in total. The van der Waals surface area contributed by atoms with E-state index < -0.39 is 11.4 Å². The zero-order chi connectivity index (χ0) is 20.7. The van der Waals surface area contributed by atoms with Gasteiger partial charge in [0.15, 0.2) is 0 Å². The van der Waals surface area contributed by atoms with Gasteiger partial charge in [0, 0.05) is 43.3 Å². The van der Waals surface area contributed by atoms with Gasteiger partial charge < -0.3 is 15.2 Å². The number of rotatable bonds is 9. The van der Waals surface area contributed by atoms with E-state index in [0.717, 1.165) is 11.1 Å². The second-order valence-electron chi connectivity index (χ2n) is 6.59. The van der Waals surface area contributed by atoms with Crippen molar-refractivity contribution in [2.24, 2.45) is 5.73 Å². The normalized spacial score (nSPS) is 12.8. The summed E-state index contributed by atoms with van der Waals surface area (Å²) in [6.45, 7) is 0.386. The second kappa shape index (κ2) is 9.16. The number of hydrogen-bond donors (Lipinski definition) is 2. The molecule has 0 aliphatic heterocycles. The Hall–Kier alpha value is -3.45. The number of nitrogens with zero attached hydrogens (tertiary/aromatic N) is 2. The standard InChI is InChI=1S/C22H24N4O3/c1-28-18-7-8-20(29-2)19(11-18)22(21(23)27,12-16-5-3-9-24-13-16)26-15-17-6-4-10-25-14-17/h3-11,13-14,26H,12,15H2,1-2H3,(H2,23,27). The van der Waals surface area contributed by atoms with Crippen LogP contribution in [0.5, 0.6) is 11.5 Å². The van der Waals surface area contributed by atoms with Crippen LogP contribution in [0.2, 0.25) is 0 Å². The molecular formula is C22H24N4O3. The average Bonchev–Trinajstić information content (AvgIpc) is 2.77. The van der Waals surface area contributed by atoms with Crippen molar-refractivity contribution in [2.75, 3.05) is 14.2 Å². The van der Waals surface area contributed by atoms with Crippen LogP contribution in [0, 0.1) is 0 Å². The van der Waals surface area contributed by atoms with Crippen LogP contribution in [0.1, 0.15) is 16.7 Å². The highest BCUT2D eigenvalue weighted by molar-refractivity contribution is 5.87. The van der Waals surface area contributed by atoms with Gasteiger partial charge >= 0.3 is 0 Å². The largest absolute Gasteiger partial charge is 0.497 e. The summed E-state index contributed by atoms with van der Waals surface area (Å²) in [6.07, 6.45) is 7.14. The number of primary amides is 1. The molecule has 1 atom stereocenters. The fourth-order valence-corrected chi connectivity index (χ4v) is 3.27. The maximum atomic E-state index is 12.9. The highest BCUT2D eigenvalue weighted by atomic mass is 16.5. The number of nitrogens with two attached hydrogens (primary N) is 1. The van der Waals surface area contributed by atoms with Crippen LogP contribution < -0.4 is 20.5 Å². The van der Waals surface area contributed by atoms with Crippen LogP contribution in [0.15, 0.2) is 67.3 Å². The number of ether oxygens (including phenoxy) is 2. The quantitative estimate of drug-likeness (QED) is 0.579. The Morgan fingerprint density at radius 3 is 2.28 bits per heavy atom. The number of benzene rings is 1. The monoisotopic (exact) mass is 392 g/mol. The number of aromatic nitrogens is 2. The molecule has 1 aromatic carbocycles. The molecule has 0 saturated carbocycles. The number of nitrogens with one attached hydrogen (secondary N) is 1. The SMILES string of the molecule is COc1ccc(OC)c(C(Cc2cccnc2)(NCc2cccnc2)C(N)=O)c1. The average molecular weight is 392 g/mol. The van der Waals surface area contributed by atoms with Gasteiger partial charge in [-0.1, -0.05) is 12.1 Å². The topological polar surface area (TPSA) is 99.4 Å². The Morgan fingerprint density at radius 2 is 1.72 bits per heavy atom. The lowest BCUT2D eigenvalue weighted by molar-refractivity contribution is -0.125. The number of hydrogen-bond acceptors (Lipinski definition) is 6. The van der Waals surface area contributed by atoms with Gasteiger partial charge in [0.05, 0.1) is 14.2 Å². The van der Waals surface area contributed by atoms with E-state index in [1.807, 2.05) is 24.3 Å². The molecule has 3 aromatic rings. The van der Waals surface area contributed by atoms with Crippen molar-refractivity contribution in [1.82, 2.24) is 15.3 Å². The molecule has 0 saturated heterocycles. The van der Waals surface area contributed by atoms with Gasteiger partial charge in [0.25, 0.3) is 0 Å². The molecule has 0 bridgehead atoms. The first-order valence-electron chi connectivity index (χ1n) is 9.14. The van der Waals surface area contributed by atoms with E-state index in [4.69, 9.17) is 15.2 Å². The Morgan fingerprint density at radius 1 is 1.03 bits per heavy atom. The molecule has 1 amide bonds. The van der Waals surface area contributed by atoms with E-state index in [9.17, 15) is 4.79 Å². The number of methoxy groups -OCH3 is 2. The minimum absolute atomic E-state index is 0.292. The van der Waals surface area contributed by atoms with E-state index >= 15 is 0 Å². The summed E-state index contributed by atoms with van der Waals surface area (Å²) in [4.78, 5) is 21.3. The molecule has 0 fully saturated rings. The molecule has 0 aliphatic carbocycles. The number of carbonyl (C=O) groups excluding carboxylic acids is 1. The summed E-state index contributed by atoms with van der Waals surface area (Å²) in [5.74, 6) is 0.602. The van der Waals surface area contributed by atoms with Crippen molar-refractivity contribution in [3.05, 3.63) is 83.9 Å². The van der Waals surface area contributed by atoms with Crippen molar-refractivity contribution in [3.8, 4) is 11.5 Å².